The summed E-state index contributed by atoms with van der Waals surface area (Å²) in [6.45, 7) is 0. The Morgan fingerprint density at radius 3 is 3.15 bits per heavy atom. The molecular formula is C20H16N6. The molecule has 3 heterocycles. The number of para-hydroxylation sites is 1. The summed E-state index contributed by atoms with van der Waals surface area (Å²) in [4.78, 5) is 9.08. The van der Waals surface area contributed by atoms with Crippen molar-refractivity contribution in [1.29, 1.82) is 0 Å². The van der Waals surface area contributed by atoms with Crippen LogP contribution >= 0.6 is 0 Å². The molecule has 6 nitrogen and oxygen atoms in total. The van der Waals surface area contributed by atoms with Crippen molar-refractivity contribution < 1.29 is 0 Å². The van der Waals surface area contributed by atoms with Crippen LogP contribution in [0, 0.1) is 0 Å². The average molecular weight is 340 g/mol. The summed E-state index contributed by atoms with van der Waals surface area (Å²) < 4.78 is 2.08. The van der Waals surface area contributed by atoms with Crippen LogP contribution in [0.4, 0.5) is 5.69 Å². The van der Waals surface area contributed by atoms with Gasteiger partial charge in [0, 0.05) is 41.6 Å². The second-order valence-corrected chi connectivity index (χ2v) is 6.07. The van der Waals surface area contributed by atoms with Crippen molar-refractivity contribution >= 4 is 22.8 Å². The first-order chi connectivity index (χ1) is 12.9. The highest BCUT2D eigenvalue weighted by Crippen LogP contribution is 2.28. The lowest BCUT2D eigenvalue weighted by atomic mass is 10.0. The second kappa shape index (κ2) is 6.00. The molecule has 126 valence electrons. The number of amidine groups is 1. The number of nitrogens with one attached hydrogen (secondary N) is 2. The molecule has 0 fully saturated rings. The van der Waals surface area contributed by atoms with Gasteiger partial charge in [-0.1, -0.05) is 36.4 Å². The number of benzene rings is 1. The molecule has 5 rings (SSSR count). The molecule has 0 saturated carbocycles. The van der Waals surface area contributed by atoms with Gasteiger partial charge in [0.2, 0.25) is 5.84 Å². The SMILES string of the molecule is C1=CC2=NC(=NNC=C3C=CNc4ccccc43)c3nccn3C2C=C1. The van der Waals surface area contributed by atoms with Gasteiger partial charge in [0.1, 0.15) is 0 Å². The highest BCUT2D eigenvalue weighted by atomic mass is 15.3. The standard InChI is InChI=1S/C20H16N6/c1-2-6-16-15(5-1)14(9-10-21-16)13-23-25-19-20-22-11-12-26(20)18-8-4-3-7-17(18)24-19/h1-13,18,21,23H. The predicted molar refractivity (Wildman–Crippen MR) is 104 cm³/mol. The van der Waals surface area contributed by atoms with Crippen LogP contribution in [0.5, 0.6) is 0 Å². The zero-order valence-electron chi connectivity index (χ0n) is 13.9. The van der Waals surface area contributed by atoms with Gasteiger partial charge >= 0.3 is 0 Å². The maximum absolute atomic E-state index is 4.67. The van der Waals surface area contributed by atoms with Gasteiger partial charge in [-0.15, -0.1) is 0 Å². The maximum atomic E-state index is 4.67. The lowest BCUT2D eigenvalue weighted by molar-refractivity contribution is 0.731. The van der Waals surface area contributed by atoms with Crippen molar-refractivity contribution in [2.24, 2.45) is 10.1 Å². The molecule has 2 aliphatic heterocycles. The van der Waals surface area contributed by atoms with Crippen molar-refractivity contribution in [3.05, 3.63) is 90.8 Å². The second-order valence-electron chi connectivity index (χ2n) is 6.07. The van der Waals surface area contributed by atoms with Gasteiger partial charge < -0.3 is 9.88 Å². The van der Waals surface area contributed by atoms with Crippen molar-refractivity contribution in [3.8, 4) is 0 Å². The van der Waals surface area contributed by atoms with E-state index in [9.17, 15) is 0 Å². The number of fused-ring (bicyclic) bond motifs is 4. The molecule has 3 aliphatic rings. The number of rotatable bonds is 2. The van der Waals surface area contributed by atoms with Crippen molar-refractivity contribution in [2.45, 2.75) is 6.04 Å². The summed E-state index contributed by atoms with van der Waals surface area (Å²) in [5, 5.41) is 7.70. The molecule has 1 aliphatic carbocycles. The Balaban J connectivity index is 1.47. The molecule has 1 aromatic carbocycles. The first-order valence-corrected chi connectivity index (χ1v) is 8.43. The third-order valence-corrected chi connectivity index (χ3v) is 4.51. The summed E-state index contributed by atoms with van der Waals surface area (Å²) in [6, 6.07) is 8.24. The Kier molecular flexibility index (Phi) is 3.38. The normalized spacial score (nSPS) is 22.5. The molecule has 0 saturated heterocycles. The fourth-order valence-electron chi connectivity index (χ4n) is 3.28. The van der Waals surface area contributed by atoms with Crippen molar-refractivity contribution in [3.63, 3.8) is 0 Å². The van der Waals surface area contributed by atoms with Gasteiger partial charge in [0.05, 0.1) is 11.8 Å². The number of hydrogen-bond acceptors (Lipinski definition) is 4. The number of imidazole rings is 1. The van der Waals surface area contributed by atoms with Crippen molar-refractivity contribution in [2.75, 3.05) is 5.32 Å². The Labute approximate surface area is 150 Å². The zero-order valence-corrected chi connectivity index (χ0v) is 13.9. The van der Waals surface area contributed by atoms with Gasteiger partial charge in [-0.2, -0.15) is 5.10 Å². The minimum Gasteiger partial charge on any atom is -0.361 e. The van der Waals surface area contributed by atoms with E-state index in [4.69, 9.17) is 0 Å². The van der Waals surface area contributed by atoms with Gasteiger partial charge in [0.15, 0.2) is 5.82 Å². The fraction of sp³-hybridized carbons (Fsp3) is 0.0500. The molecular weight excluding hydrogens is 324 g/mol. The Morgan fingerprint density at radius 1 is 1.19 bits per heavy atom. The Bertz CT molecular complexity index is 1050. The van der Waals surface area contributed by atoms with Crippen LogP contribution in [0.1, 0.15) is 17.4 Å². The molecule has 0 bridgehead atoms. The lowest BCUT2D eigenvalue weighted by Crippen LogP contribution is -2.28. The summed E-state index contributed by atoms with van der Waals surface area (Å²) in [5.41, 5.74) is 7.24. The first kappa shape index (κ1) is 14.7. The van der Waals surface area contributed by atoms with E-state index in [1.807, 2.05) is 61.1 Å². The van der Waals surface area contributed by atoms with E-state index in [0.29, 0.717) is 5.84 Å². The van der Waals surface area contributed by atoms with Gasteiger partial charge in [-0.25, -0.2) is 9.98 Å². The van der Waals surface area contributed by atoms with E-state index in [1.165, 1.54) is 0 Å². The molecule has 1 atom stereocenters. The monoisotopic (exact) mass is 340 g/mol. The highest BCUT2D eigenvalue weighted by Gasteiger charge is 2.26. The highest BCUT2D eigenvalue weighted by molar-refractivity contribution is 6.13. The molecule has 2 N–H and O–H groups in total. The van der Waals surface area contributed by atoms with Crippen LogP contribution in [0.2, 0.25) is 0 Å². The van der Waals surface area contributed by atoms with Gasteiger partial charge in [0.25, 0.3) is 0 Å². The quantitative estimate of drug-likeness (QED) is 0.825. The van der Waals surface area contributed by atoms with Crippen LogP contribution in [-0.4, -0.2) is 21.1 Å². The topological polar surface area (TPSA) is 66.6 Å². The molecule has 26 heavy (non-hydrogen) atoms. The minimum absolute atomic E-state index is 0.0917. The number of anilines is 1. The van der Waals surface area contributed by atoms with Crippen LogP contribution in [0.15, 0.2) is 89.5 Å². The Hall–Kier alpha value is -3.67. The summed E-state index contributed by atoms with van der Waals surface area (Å²) in [6.07, 6.45) is 17.7. The zero-order chi connectivity index (χ0) is 17.3. The molecule has 1 aromatic heterocycles. The van der Waals surface area contributed by atoms with Gasteiger partial charge in [-0.3, -0.25) is 5.43 Å². The number of aromatic nitrogens is 2. The van der Waals surface area contributed by atoms with E-state index in [0.717, 1.165) is 28.4 Å². The summed E-state index contributed by atoms with van der Waals surface area (Å²) in [5.74, 6) is 1.33. The average Bonchev–Trinajstić information content (AvgIpc) is 3.19. The van der Waals surface area contributed by atoms with E-state index < -0.39 is 0 Å². The maximum Gasteiger partial charge on any atom is 0.215 e. The smallest absolute Gasteiger partial charge is 0.215 e. The van der Waals surface area contributed by atoms with E-state index >= 15 is 0 Å². The molecule has 1 unspecified atom stereocenters. The first-order valence-electron chi connectivity index (χ1n) is 8.43. The largest absolute Gasteiger partial charge is 0.361 e. The summed E-state index contributed by atoms with van der Waals surface area (Å²) in [7, 11) is 0. The number of aliphatic imine (C=N–C) groups is 1. The number of hydrogen-bond donors (Lipinski definition) is 2. The predicted octanol–water partition coefficient (Wildman–Crippen LogP) is 3.24. The molecule has 2 aromatic rings. The minimum atomic E-state index is 0.0917. The van der Waals surface area contributed by atoms with Crippen LogP contribution in [0.25, 0.3) is 5.57 Å². The molecule has 0 amide bonds. The van der Waals surface area contributed by atoms with Crippen molar-refractivity contribution in [1.82, 2.24) is 15.0 Å². The molecule has 0 spiro atoms. The molecule has 6 heteroatoms. The molecule has 0 radical (unpaired) electrons. The van der Waals surface area contributed by atoms with E-state index in [1.54, 1.807) is 6.20 Å². The number of hydrazone groups is 1. The third-order valence-electron chi connectivity index (χ3n) is 4.51. The van der Waals surface area contributed by atoms with E-state index in [2.05, 4.69) is 42.5 Å². The van der Waals surface area contributed by atoms with Crippen LogP contribution in [0.3, 0.4) is 0 Å². The third kappa shape index (κ3) is 2.39. The fourth-order valence-corrected chi connectivity index (χ4v) is 3.28. The lowest BCUT2D eigenvalue weighted by Gasteiger charge is -2.23. The Morgan fingerprint density at radius 2 is 2.15 bits per heavy atom. The van der Waals surface area contributed by atoms with Crippen LogP contribution in [-0.2, 0) is 0 Å². The van der Waals surface area contributed by atoms with Gasteiger partial charge in [-0.05, 0) is 18.2 Å². The van der Waals surface area contributed by atoms with Crippen LogP contribution < -0.4 is 10.7 Å². The number of nitrogens with zero attached hydrogens (tertiary/aromatic N) is 4. The van der Waals surface area contributed by atoms with E-state index in [-0.39, 0.29) is 6.04 Å². The summed E-state index contributed by atoms with van der Waals surface area (Å²) >= 11 is 0. The number of allylic oxidation sites excluding steroid dienone is 6.